The zero-order chi connectivity index (χ0) is 20.1. The molecule has 6 nitrogen and oxygen atoms in total. The second-order valence-corrected chi connectivity index (χ2v) is 9.53. The van der Waals surface area contributed by atoms with Gasteiger partial charge < -0.3 is 5.32 Å². The fraction of sp³-hybridized carbons (Fsp3) is 0.263. The number of rotatable bonds is 8. The highest BCUT2D eigenvalue weighted by molar-refractivity contribution is 7.98. The van der Waals surface area contributed by atoms with Gasteiger partial charge in [0, 0.05) is 36.0 Å². The second kappa shape index (κ2) is 8.98. The molecule has 0 atom stereocenters. The van der Waals surface area contributed by atoms with E-state index in [2.05, 4.69) is 5.32 Å². The number of halogens is 1. The SMILES string of the molecule is O=C(CCN1C(=O)c2ccccc2S1(=O)=O)NCCSCc1cccc(Cl)c1. The topological polar surface area (TPSA) is 83.6 Å². The summed E-state index contributed by atoms with van der Waals surface area (Å²) in [6.45, 7) is 0.294. The zero-order valence-corrected chi connectivity index (χ0v) is 17.3. The van der Waals surface area contributed by atoms with Gasteiger partial charge in [0.25, 0.3) is 15.9 Å². The van der Waals surface area contributed by atoms with Crippen molar-refractivity contribution in [3.8, 4) is 0 Å². The molecule has 0 saturated carbocycles. The van der Waals surface area contributed by atoms with E-state index < -0.39 is 15.9 Å². The van der Waals surface area contributed by atoms with Gasteiger partial charge in [-0.05, 0) is 29.8 Å². The van der Waals surface area contributed by atoms with Crippen LogP contribution in [0, 0.1) is 0 Å². The summed E-state index contributed by atoms with van der Waals surface area (Å²) in [4.78, 5) is 24.3. The molecular weight excluding hydrogens is 420 g/mol. The van der Waals surface area contributed by atoms with Gasteiger partial charge in [0.15, 0.2) is 0 Å². The van der Waals surface area contributed by atoms with Gasteiger partial charge in [0.2, 0.25) is 5.91 Å². The van der Waals surface area contributed by atoms with Crippen molar-refractivity contribution >= 4 is 45.2 Å². The van der Waals surface area contributed by atoms with E-state index in [1.807, 2.05) is 24.3 Å². The van der Waals surface area contributed by atoms with Crippen molar-refractivity contribution in [2.75, 3.05) is 18.8 Å². The molecule has 9 heteroatoms. The maximum Gasteiger partial charge on any atom is 0.269 e. The van der Waals surface area contributed by atoms with E-state index in [4.69, 9.17) is 11.6 Å². The predicted molar refractivity (Wildman–Crippen MR) is 110 cm³/mol. The summed E-state index contributed by atoms with van der Waals surface area (Å²) < 4.78 is 25.6. The molecule has 0 fully saturated rings. The summed E-state index contributed by atoms with van der Waals surface area (Å²) in [7, 11) is -3.87. The second-order valence-electron chi connectivity index (χ2n) is 6.16. The molecule has 0 saturated heterocycles. The Morgan fingerprint density at radius 3 is 2.68 bits per heavy atom. The Labute approximate surface area is 173 Å². The van der Waals surface area contributed by atoms with Crippen LogP contribution < -0.4 is 5.32 Å². The van der Waals surface area contributed by atoms with Gasteiger partial charge in [-0.15, -0.1) is 0 Å². The standard InChI is InChI=1S/C19H19ClN2O4S2/c20-15-5-3-4-14(12-15)13-27-11-9-21-18(23)8-10-22-19(24)16-6-1-2-7-17(16)28(22,25)26/h1-7,12H,8-11,13H2,(H,21,23). The number of carbonyl (C=O) groups excluding carboxylic acids is 2. The maximum atomic E-state index is 12.4. The fourth-order valence-electron chi connectivity index (χ4n) is 2.82. The van der Waals surface area contributed by atoms with Crippen LogP contribution in [0.4, 0.5) is 0 Å². The Kier molecular flexibility index (Phi) is 6.64. The summed E-state index contributed by atoms with van der Waals surface area (Å²) in [6, 6.07) is 13.7. The van der Waals surface area contributed by atoms with Crippen LogP contribution in [0.3, 0.4) is 0 Å². The first kappa shape index (κ1) is 20.7. The van der Waals surface area contributed by atoms with Crippen LogP contribution in [0.15, 0.2) is 53.4 Å². The Balaban J connectivity index is 1.41. The summed E-state index contributed by atoms with van der Waals surface area (Å²) in [5.41, 5.74) is 1.27. The molecule has 0 radical (unpaired) electrons. The lowest BCUT2D eigenvalue weighted by Gasteiger charge is -2.14. The number of benzene rings is 2. The molecule has 1 N–H and O–H groups in total. The van der Waals surface area contributed by atoms with Crippen molar-refractivity contribution < 1.29 is 18.0 Å². The highest BCUT2D eigenvalue weighted by atomic mass is 35.5. The van der Waals surface area contributed by atoms with Crippen molar-refractivity contribution in [3.63, 3.8) is 0 Å². The van der Waals surface area contributed by atoms with Crippen LogP contribution in [-0.4, -0.2) is 43.4 Å². The van der Waals surface area contributed by atoms with E-state index in [1.54, 1.807) is 23.9 Å². The van der Waals surface area contributed by atoms with Crippen molar-refractivity contribution in [2.45, 2.75) is 17.1 Å². The Bertz CT molecular complexity index is 995. The van der Waals surface area contributed by atoms with E-state index in [0.717, 1.165) is 15.6 Å². The minimum Gasteiger partial charge on any atom is -0.355 e. The highest BCUT2D eigenvalue weighted by Gasteiger charge is 2.40. The molecule has 0 aromatic heterocycles. The molecule has 148 valence electrons. The number of sulfonamides is 1. The first-order chi connectivity index (χ1) is 13.4. The monoisotopic (exact) mass is 438 g/mol. The normalized spacial score (nSPS) is 14.8. The largest absolute Gasteiger partial charge is 0.355 e. The number of thioether (sulfide) groups is 1. The van der Waals surface area contributed by atoms with Gasteiger partial charge >= 0.3 is 0 Å². The van der Waals surface area contributed by atoms with Crippen LogP contribution in [0.5, 0.6) is 0 Å². The van der Waals surface area contributed by atoms with E-state index in [-0.39, 0.29) is 29.3 Å². The summed E-state index contributed by atoms with van der Waals surface area (Å²) in [5.74, 6) is 0.627. The third-order valence-electron chi connectivity index (χ3n) is 4.18. The van der Waals surface area contributed by atoms with Crippen molar-refractivity contribution in [2.24, 2.45) is 0 Å². The lowest BCUT2D eigenvalue weighted by molar-refractivity contribution is -0.120. The number of carbonyl (C=O) groups is 2. The van der Waals surface area contributed by atoms with Crippen LogP contribution >= 0.6 is 23.4 Å². The summed E-state index contributed by atoms with van der Waals surface area (Å²) in [5, 5.41) is 3.44. The number of hydrogen-bond donors (Lipinski definition) is 1. The molecule has 3 rings (SSSR count). The Morgan fingerprint density at radius 2 is 1.93 bits per heavy atom. The van der Waals surface area contributed by atoms with Crippen LogP contribution in [0.2, 0.25) is 5.02 Å². The summed E-state index contributed by atoms with van der Waals surface area (Å²) >= 11 is 7.60. The molecule has 28 heavy (non-hydrogen) atoms. The Morgan fingerprint density at radius 1 is 1.14 bits per heavy atom. The molecule has 2 aromatic carbocycles. The maximum absolute atomic E-state index is 12.4. The number of hydrogen-bond acceptors (Lipinski definition) is 5. The number of nitrogens with one attached hydrogen (secondary N) is 1. The van der Waals surface area contributed by atoms with Crippen LogP contribution in [-0.2, 0) is 20.6 Å². The van der Waals surface area contributed by atoms with Crippen molar-refractivity contribution in [3.05, 3.63) is 64.7 Å². The molecule has 0 bridgehead atoms. The first-order valence-corrected chi connectivity index (χ1v) is 11.6. The molecule has 0 spiro atoms. The van der Waals surface area contributed by atoms with Crippen molar-refractivity contribution in [1.29, 1.82) is 0 Å². The van der Waals surface area contributed by atoms with Gasteiger partial charge in [-0.2, -0.15) is 11.8 Å². The molecule has 2 aromatic rings. The van der Waals surface area contributed by atoms with E-state index in [1.165, 1.54) is 12.1 Å². The molecule has 1 heterocycles. The van der Waals surface area contributed by atoms with Gasteiger partial charge in [-0.25, -0.2) is 12.7 Å². The number of amides is 2. The minimum absolute atomic E-state index is 0.00202. The third-order valence-corrected chi connectivity index (χ3v) is 7.29. The average Bonchev–Trinajstić information content (AvgIpc) is 2.86. The average molecular weight is 439 g/mol. The molecule has 0 aliphatic carbocycles. The van der Waals surface area contributed by atoms with Gasteiger partial charge in [-0.3, -0.25) is 9.59 Å². The molecule has 1 aliphatic rings. The number of nitrogens with zero attached hydrogens (tertiary/aromatic N) is 1. The molecular formula is C19H19ClN2O4S2. The van der Waals surface area contributed by atoms with Crippen LogP contribution in [0.1, 0.15) is 22.3 Å². The van der Waals surface area contributed by atoms with Crippen LogP contribution in [0.25, 0.3) is 0 Å². The number of fused-ring (bicyclic) bond motifs is 1. The zero-order valence-electron chi connectivity index (χ0n) is 14.9. The lowest BCUT2D eigenvalue weighted by Crippen LogP contribution is -2.35. The quantitative estimate of drug-likeness (QED) is 0.640. The van der Waals surface area contributed by atoms with E-state index in [0.29, 0.717) is 17.3 Å². The third kappa shape index (κ3) is 4.68. The summed E-state index contributed by atoms with van der Waals surface area (Å²) in [6.07, 6.45) is -0.0715. The molecule has 1 aliphatic heterocycles. The van der Waals surface area contributed by atoms with Gasteiger partial charge in [0.05, 0.1) is 5.56 Å². The predicted octanol–water partition coefficient (Wildman–Crippen LogP) is 2.92. The van der Waals surface area contributed by atoms with Gasteiger partial charge in [-0.1, -0.05) is 35.9 Å². The Hall–Kier alpha value is -2.03. The van der Waals surface area contributed by atoms with E-state index in [9.17, 15) is 18.0 Å². The first-order valence-electron chi connectivity index (χ1n) is 8.64. The minimum atomic E-state index is -3.87. The van der Waals surface area contributed by atoms with Crippen molar-refractivity contribution in [1.82, 2.24) is 9.62 Å². The van der Waals surface area contributed by atoms with E-state index >= 15 is 0 Å². The molecule has 0 unspecified atom stereocenters. The molecule has 2 amide bonds. The lowest BCUT2D eigenvalue weighted by atomic mass is 10.2. The highest BCUT2D eigenvalue weighted by Crippen LogP contribution is 2.29. The smallest absolute Gasteiger partial charge is 0.269 e. The van der Waals surface area contributed by atoms with Gasteiger partial charge in [0.1, 0.15) is 4.90 Å². The fourth-order valence-corrected chi connectivity index (χ4v) is 5.41.